The number of rotatable bonds is 2. The molecule has 2 aromatic rings. The quantitative estimate of drug-likeness (QED) is 0.754. The van der Waals surface area contributed by atoms with Crippen LogP contribution >= 0.6 is 0 Å². The van der Waals surface area contributed by atoms with Crippen molar-refractivity contribution in [2.75, 3.05) is 0 Å². The first-order valence-electron chi connectivity index (χ1n) is 4.05. The topological polar surface area (TPSA) is 96.2 Å². The van der Waals surface area contributed by atoms with Crippen LogP contribution in [-0.4, -0.2) is 21.0 Å². The first-order valence-corrected chi connectivity index (χ1v) is 4.05. The molecule has 0 saturated heterocycles. The largest absolute Gasteiger partial charge is 0.476 e. The molecule has 0 aromatic carbocycles. The van der Waals surface area contributed by atoms with E-state index in [2.05, 4.69) is 9.97 Å². The number of hydrogen-bond acceptors (Lipinski definition) is 4. The summed E-state index contributed by atoms with van der Waals surface area (Å²) in [6.07, 6.45) is 2.45. The highest BCUT2D eigenvalue weighted by molar-refractivity contribution is 5.85. The number of carboxylic acids is 1. The maximum Gasteiger partial charge on any atom is 0.357 e. The second-order valence-electron chi connectivity index (χ2n) is 2.78. The molecule has 2 heterocycles. The van der Waals surface area contributed by atoms with Crippen molar-refractivity contribution in [3.63, 3.8) is 0 Å². The first kappa shape index (κ1) is 9.20. The van der Waals surface area contributed by atoms with Crippen LogP contribution in [0.3, 0.4) is 0 Å². The molecule has 0 aliphatic rings. The zero-order valence-corrected chi connectivity index (χ0v) is 7.43. The summed E-state index contributed by atoms with van der Waals surface area (Å²) in [5, 5.41) is 8.61. The summed E-state index contributed by atoms with van der Waals surface area (Å²) in [7, 11) is 0. The highest BCUT2D eigenvalue weighted by Gasteiger charge is 2.11. The lowest BCUT2D eigenvalue weighted by Gasteiger charge is -1.91. The average molecular weight is 206 g/mol. The minimum absolute atomic E-state index is 0.156. The van der Waals surface area contributed by atoms with Crippen molar-refractivity contribution in [3.05, 3.63) is 40.6 Å². The predicted octanol–water partition coefficient (Wildman–Crippen LogP) is 0.728. The monoisotopic (exact) mass is 206 g/mol. The average Bonchev–Trinajstić information content (AvgIpc) is 2.68. The summed E-state index contributed by atoms with van der Waals surface area (Å²) in [4.78, 5) is 27.4. The van der Waals surface area contributed by atoms with Gasteiger partial charge in [-0.05, 0) is 6.07 Å². The molecule has 0 saturated carbocycles. The van der Waals surface area contributed by atoms with Crippen LogP contribution in [0.25, 0.3) is 11.5 Å². The summed E-state index contributed by atoms with van der Waals surface area (Å²) in [6, 6.07) is 2.80. The van der Waals surface area contributed by atoms with E-state index >= 15 is 0 Å². The number of pyridine rings is 1. The fourth-order valence-corrected chi connectivity index (χ4v) is 1.05. The molecule has 2 rings (SSSR count). The molecule has 0 bridgehead atoms. The van der Waals surface area contributed by atoms with Crippen molar-refractivity contribution in [2.24, 2.45) is 0 Å². The van der Waals surface area contributed by atoms with Gasteiger partial charge in [-0.25, -0.2) is 9.78 Å². The number of oxazole rings is 1. The van der Waals surface area contributed by atoms with Gasteiger partial charge in [-0.3, -0.25) is 4.79 Å². The van der Waals surface area contributed by atoms with E-state index in [1.54, 1.807) is 0 Å². The Hall–Kier alpha value is -2.37. The molecule has 0 atom stereocenters. The smallest absolute Gasteiger partial charge is 0.357 e. The molecule has 0 radical (unpaired) electrons. The summed E-state index contributed by atoms with van der Waals surface area (Å²) in [6.45, 7) is 0. The molecule has 0 aliphatic carbocycles. The number of carboxylic acid groups (broad SMARTS) is 1. The Kier molecular flexibility index (Phi) is 2.09. The van der Waals surface area contributed by atoms with Crippen LogP contribution in [0.15, 0.2) is 33.8 Å². The van der Waals surface area contributed by atoms with Gasteiger partial charge in [0.1, 0.15) is 6.26 Å². The van der Waals surface area contributed by atoms with Crippen LogP contribution in [0.5, 0.6) is 0 Å². The highest BCUT2D eigenvalue weighted by Crippen LogP contribution is 2.15. The van der Waals surface area contributed by atoms with Gasteiger partial charge >= 0.3 is 5.97 Å². The van der Waals surface area contributed by atoms with E-state index in [1.165, 1.54) is 18.3 Å². The van der Waals surface area contributed by atoms with Crippen LogP contribution in [0.1, 0.15) is 10.5 Å². The van der Waals surface area contributed by atoms with E-state index in [-0.39, 0.29) is 17.1 Å². The van der Waals surface area contributed by atoms with Crippen molar-refractivity contribution < 1.29 is 14.3 Å². The number of nitrogens with one attached hydrogen (secondary N) is 1. The Morgan fingerprint density at radius 1 is 1.47 bits per heavy atom. The second kappa shape index (κ2) is 3.41. The Morgan fingerprint density at radius 3 is 2.80 bits per heavy atom. The zero-order valence-electron chi connectivity index (χ0n) is 7.43. The van der Waals surface area contributed by atoms with Crippen molar-refractivity contribution in [1.82, 2.24) is 9.97 Å². The van der Waals surface area contributed by atoms with Crippen molar-refractivity contribution in [1.29, 1.82) is 0 Å². The van der Waals surface area contributed by atoms with Gasteiger partial charge in [0.2, 0.25) is 11.4 Å². The van der Waals surface area contributed by atoms with Crippen molar-refractivity contribution in [3.8, 4) is 11.5 Å². The maximum absolute atomic E-state index is 10.8. The van der Waals surface area contributed by atoms with Gasteiger partial charge in [0.25, 0.3) is 0 Å². The summed E-state index contributed by atoms with van der Waals surface area (Å²) >= 11 is 0. The summed E-state index contributed by atoms with van der Waals surface area (Å²) in [5.41, 5.74) is 0.0991. The molecule has 0 unspecified atom stereocenters. The summed E-state index contributed by atoms with van der Waals surface area (Å²) in [5.74, 6) is -1.00. The molecule has 6 nitrogen and oxygen atoms in total. The fourth-order valence-electron chi connectivity index (χ4n) is 1.05. The number of carbonyl (C=O) groups is 1. The Labute approximate surface area is 83.2 Å². The second-order valence-corrected chi connectivity index (χ2v) is 2.78. The lowest BCUT2D eigenvalue weighted by Crippen LogP contribution is -2.01. The number of H-pyrrole nitrogens is 1. The van der Waals surface area contributed by atoms with E-state index in [0.29, 0.717) is 5.56 Å². The molecule has 6 heteroatoms. The molecular formula is C9H6N2O4. The highest BCUT2D eigenvalue weighted by atomic mass is 16.4. The van der Waals surface area contributed by atoms with E-state index in [0.717, 1.165) is 6.26 Å². The molecule has 2 N–H and O–H groups in total. The predicted molar refractivity (Wildman–Crippen MR) is 49.5 cm³/mol. The third-order valence-electron chi connectivity index (χ3n) is 1.75. The minimum atomic E-state index is -1.16. The van der Waals surface area contributed by atoms with Crippen LogP contribution in [0.4, 0.5) is 0 Å². The molecule has 0 fully saturated rings. The van der Waals surface area contributed by atoms with E-state index in [1.807, 2.05) is 0 Å². The van der Waals surface area contributed by atoms with E-state index in [9.17, 15) is 9.59 Å². The van der Waals surface area contributed by atoms with E-state index in [4.69, 9.17) is 9.52 Å². The molecule has 0 aliphatic heterocycles. The maximum atomic E-state index is 10.8. The van der Waals surface area contributed by atoms with Crippen LogP contribution < -0.4 is 5.56 Å². The number of nitrogens with zero attached hydrogens (tertiary/aromatic N) is 1. The Morgan fingerprint density at radius 2 is 2.27 bits per heavy atom. The van der Waals surface area contributed by atoms with Crippen LogP contribution in [-0.2, 0) is 0 Å². The molecule has 0 amide bonds. The van der Waals surface area contributed by atoms with Gasteiger partial charge in [-0.2, -0.15) is 0 Å². The Bertz CT molecular complexity index is 535. The normalized spacial score (nSPS) is 10.1. The lowest BCUT2D eigenvalue weighted by atomic mass is 10.3. The van der Waals surface area contributed by atoms with Gasteiger partial charge in [0.15, 0.2) is 5.69 Å². The number of aromatic amines is 1. The molecule has 15 heavy (non-hydrogen) atoms. The van der Waals surface area contributed by atoms with Gasteiger partial charge in [-0.15, -0.1) is 0 Å². The lowest BCUT2D eigenvalue weighted by molar-refractivity contribution is 0.0690. The standard InChI is InChI=1S/C9H6N2O4/c12-7-2-1-5(3-10-7)8-11-6(4-15-8)9(13)14/h1-4H,(H,10,12)(H,13,14). The third kappa shape index (κ3) is 1.78. The number of hydrogen-bond donors (Lipinski definition) is 2. The van der Waals surface area contributed by atoms with Crippen LogP contribution in [0, 0.1) is 0 Å². The van der Waals surface area contributed by atoms with E-state index < -0.39 is 5.97 Å². The van der Waals surface area contributed by atoms with Gasteiger partial charge in [-0.1, -0.05) is 0 Å². The van der Waals surface area contributed by atoms with Gasteiger partial charge in [0.05, 0.1) is 5.56 Å². The SMILES string of the molecule is O=C(O)c1coc(-c2ccc(=O)[nH]c2)n1. The van der Waals surface area contributed by atoms with Crippen molar-refractivity contribution >= 4 is 5.97 Å². The molecule has 76 valence electrons. The summed E-state index contributed by atoms with van der Waals surface area (Å²) < 4.78 is 4.94. The number of aromatic carboxylic acids is 1. The third-order valence-corrected chi connectivity index (χ3v) is 1.75. The zero-order chi connectivity index (χ0) is 10.8. The molecule has 0 spiro atoms. The molecular weight excluding hydrogens is 200 g/mol. The van der Waals surface area contributed by atoms with Crippen LogP contribution in [0.2, 0.25) is 0 Å². The first-order chi connectivity index (χ1) is 7.16. The van der Waals surface area contributed by atoms with Gasteiger partial charge < -0.3 is 14.5 Å². The molecule has 2 aromatic heterocycles. The number of aromatic nitrogens is 2. The minimum Gasteiger partial charge on any atom is -0.476 e. The van der Waals surface area contributed by atoms with Gasteiger partial charge in [0, 0.05) is 12.3 Å². The van der Waals surface area contributed by atoms with Crippen molar-refractivity contribution in [2.45, 2.75) is 0 Å². The fraction of sp³-hybridized carbons (Fsp3) is 0. The Balaban J connectivity index is 2.41.